The third kappa shape index (κ3) is 4.41. The highest BCUT2D eigenvalue weighted by atomic mass is 32.2. The summed E-state index contributed by atoms with van der Waals surface area (Å²) >= 11 is 0. The van der Waals surface area contributed by atoms with Crippen molar-refractivity contribution in [1.82, 2.24) is 4.31 Å². The van der Waals surface area contributed by atoms with E-state index in [1.165, 1.54) is 12.1 Å². The highest BCUT2D eigenvalue weighted by Gasteiger charge is 2.26. The molecule has 0 aromatic heterocycles. The standard InChI is InChI=1S/C17H17F3N2O3S/c1-2-10-22(26(24,25)12-6-4-3-5-7-12)11-15(23)21-14-9-8-13(18)16(19)17(14)20/h3-9H,2,10-11H2,1H3,(H,21,23). The van der Waals surface area contributed by atoms with Crippen molar-refractivity contribution in [3.05, 3.63) is 59.9 Å². The zero-order chi connectivity index (χ0) is 19.3. The number of halogens is 3. The lowest BCUT2D eigenvalue weighted by Crippen LogP contribution is -2.38. The Kier molecular flexibility index (Phi) is 6.38. The SMILES string of the molecule is CCCN(CC(=O)Nc1ccc(F)c(F)c1F)S(=O)(=O)c1ccccc1. The summed E-state index contributed by atoms with van der Waals surface area (Å²) in [5, 5.41) is 2.06. The van der Waals surface area contributed by atoms with Crippen LogP contribution in [0.1, 0.15) is 13.3 Å². The number of nitrogens with zero attached hydrogens (tertiary/aromatic N) is 1. The predicted molar refractivity (Wildman–Crippen MR) is 90.4 cm³/mol. The Labute approximate surface area is 149 Å². The molecule has 0 fully saturated rings. The molecular weight excluding hydrogens is 369 g/mol. The van der Waals surface area contributed by atoms with E-state index in [9.17, 15) is 26.4 Å². The van der Waals surface area contributed by atoms with E-state index in [4.69, 9.17) is 0 Å². The van der Waals surface area contributed by atoms with E-state index in [0.717, 1.165) is 10.4 Å². The zero-order valence-electron chi connectivity index (χ0n) is 13.9. The molecule has 1 amide bonds. The molecule has 1 N–H and O–H groups in total. The molecule has 0 radical (unpaired) electrons. The van der Waals surface area contributed by atoms with Crippen LogP contribution in [0, 0.1) is 17.5 Å². The summed E-state index contributed by atoms with van der Waals surface area (Å²) in [4.78, 5) is 12.1. The number of sulfonamides is 1. The van der Waals surface area contributed by atoms with Gasteiger partial charge in [0.25, 0.3) is 0 Å². The summed E-state index contributed by atoms with van der Waals surface area (Å²) in [5.41, 5.74) is -0.567. The van der Waals surface area contributed by atoms with Crippen LogP contribution in [0.4, 0.5) is 18.9 Å². The second-order valence-corrected chi connectivity index (χ2v) is 7.36. The van der Waals surface area contributed by atoms with Crippen molar-refractivity contribution in [3.63, 3.8) is 0 Å². The first-order chi connectivity index (χ1) is 12.3. The van der Waals surface area contributed by atoms with E-state index in [2.05, 4.69) is 5.32 Å². The van der Waals surface area contributed by atoms with Crippen LogP contribution < -0.4 is 5.32 Å². The minimum absolute atomic E-state index is 0.0141. The van der Waals surface area contributed by atoms with Gasteiger partial charge in [0.1, 0.15) is 0 Å². The van der Waals surface area contributed by atoms with Gasteiger partial charge in [0.15, 0.2) is 17.5 Å². The Bertz CT molecular complexity index is 890. The first-order valence-corrected chi connectivity index (χ1v) is 9.20. The molecule has 0 spiro atoms. The van der Waals surface area contributed by atoms with Crippen LogP contribution in [0.3, 0.4) is 0 Å². The average Bonchev–Trinajstić information content (AvgIpc) is 2.62. The summed E-state index contributed by atoms with van der Waals surface area (Å²) in [7, 11) is -3.93. The van der Waals surface area contributed by atoms with Gasteiger partial charge in [0.05, 0.1) is 17.1 Å². The number of amides is 1. The van der Waals surface area contributed by atoms with Gasteiger partial charge in [-0.15, -0.1) is 0 Å². The normalized spacial score (nSPS) is 11.6. The van der Waals surface area contributed by atoms with Gasteiger partial charge in [0, 0.05) is 6.54 Å². The highest BCUT2D eigenvalue weighted by Crippen LogP contribution is 2.20. The third-order valence-corrected chi connectivity index (χ3v) is 5.34. The first kappa shape index (κ1) is 19.9. The smallest absolute Gasteiger partial charge is 0.243 e. The van der Waals surface area contributed by atoms with E-state index >= 15 is 0 Å². The van der Waals surface area contributed by atoms with Crippen LogP contribution in [0.2, 0.25) is 0 Å². The molecule has 2 aromatic carbocycles. The number of nitrogens with one attached hydrogen (secondary N) is 1. The number of anilines is 1. The minimum Gasteiger partial charge on any atom is -0.322 e. The molecule has 0 bridgehead atoms. The third-order valence-electron chi connectivity index (χ3n) is 3.48. The highest BCUT2D eigenvalue weighted by molar-refractivity contribution is 7.89. The number of hydrogen-bond acceptors (Lipinski definition) is 3. The van der Waals surface area contributed by atoms with Crippen molar-refractivity contribution >= 4 is 21.6 Å². The second-order valence-electron chi connectivity index (χ2n) is 5.42. The largest absolute Gasteiger partial charge is 0.322 e. The van der Waals surface area contributed by atoms with Crippen LogP contribution in [0.5, 0.6) is 0 Å². The molecule has 140 valence electrons. The molecule has 0 saturated heterocycles. The molecule has 0 heterocycles. The Hall–Kier alpha value is -2.39. The Morgan fingerprint density at radius 3 is 2.31 bits per heavy atom. The fourth-order valence-electron chi connectivity index (χ4n) is 2.25. The lowest BCUT2D eigenvalue weighted by molar-refractivity contribution is -0.116. The Balaban J connectivity index is 2.20. The molecule has 26 heavy (non-hydrogen) atoms. The summed E-state index contributed by atoms with van der Waals surface area (Å²) in [6, 6.07) is 9.07. The maximum atomic E-state index is 13.6. The van der Waals surface area contributed by atoms with Crippen molar-refractivity contribution in [3.8, 4) is 0 Å². The van der Waals surface area contributed by atoms with E-state index < -0.39 is 45.6 Å². The minimum atomic E-state index is -3.93. The van der Waals surface area contributed by atoms with Crippen LogP contribution in [-0.2, 0) is 14.8 Å². The summed E-state index contributed by atoms with van der Waals surface area (Å²) in [6.45, 7) is 1.20. The van der Waals surface area contributed by atoms with Crippen LogP contribution in [0.25, 0.3) is 0 Å². The fraction of sp³-hybridized carbons (Fsp3) is 0.235. The molecule has 2 rings (SSSR count). The molecule has 0 aliphatic rings. The van der Waals surface area contributed by atoms with Crippen molar-refractivity contribution in [2.45, 2.75) is 18.2 Å². The Morgan fingerprint density at radius 2 is 1.69 bits per heavy atom. The maximum absolute atomic E-state index is 13.6. The maximum Gasteiger partial charge on any atom is 0.243 e. The number of carbonyl (C=O) groups is 1. The van der Waals surface area contributed by atoms with E-state index in [1.807, 2.05) is 0 Å². The lowest BCUT2D eigenvalue weighted by atomic mass is 10.2. The van der Waals surface area contributed by atoms with Crippen LogP contribution in [-0.4, -0.2) is 31.7 Å². The molecule has 0 aliphatic heterocycles. The molecule has 9 heteroatoms. The number of benzene rings is 2. The van der Waals surface area contributed by atoms with Gasteiger partial charge in [0.2, 0.25) is 15.9 Å². The van der Waals surface area contributed by atoms with Gasteiger partial charge in [-0.2, -0.15) is 4.31 Å². The molecule has 0 saturated carbocycles. The van der Waals surface area contributed by atoms with Crippen molar-refractivity contribution in [2.75, 3.05) is 18.4 Å². The summed E-state index contributed by atoms with van der Waals surface area (Å²) in [5.74, 6) is -5.53. The number of hydrogen-bond donors (Lipinski definition) is 1. The molecule has 0 atom stereocenters. The molecule has 0 unspecified atom stereocenters. The van der Waals surface area contributed by atoms with Gasteiger partial charge >= 0.3 is 0 Å². The van der Waals surface area contributed by atoms with Crippen molar-refractivity contribution in [1.29, 1.82) is 0 Å². The zero-order valence-corrected chi connectivity index (χ0v) is 14.7. The lowest BCUT2D eigenvalue weighted by Gasteiger charge is -2.21. The Morgan fingerprint density at radius 1 is 1.04 bits per heavy atom. The van der Waals surface area contributed by atoms with Gasteiger partial charge in [-0.3, -0.25) is 4.79 Å². The number of rotatable bonds is 7. The van der Waals surface area contributed by atoms with E-state index in [1.54, 1.807) is 25.1 Å². The summed E-state index contributed by atoms with van der Waals surface area (Å²) in [6.07, 6.45) is 0.443. The van der Waals surface area contributed by atoms with Gasteiger partial charge in [-0.1, -0.05) is 25.1 Å². The van der Waals surface area contributed by atoms with Gasteiger partial charge < -0.3 is 5.32 Å². The van der Waals surface area contributed by atoms with Crippen molar-refractivity contribution in [2.24, 2.45) is 0 Å². The molecule has 0 aliphatic carbocycles. The predicted octanol–water partition coefficient (Wildman–Crippen LogP) is 3.14. The van der Waals surface area contributed by atoms with E-state index in [0.29, 0.717) is 12.5 Å². The van der Waals surface area contributed by atoms with Crippen LogP contribution in [0.15, 0.2) is 47.4 Å². The topological polar surface area (TPSA) is 66.5 Å². The van der Waals surface area contributed by atoms with Crippen LogP contribution >= 0.6 is 0 Å². The molecule has 5 nitrogen and oxygen atoms in total. The fourth-order valence-corrected chi connectivity index (χ4v) is 3.76. The van der Waals surface area contributed by atoms with Crippen molar-refractivity contribution < 1.29 is 26.4 Å². The number of carbonyl (C=O) groups excluding carboxylic acids is 1. The summed E-state index contributed by atoms with van der Waals surface area (Å²) < 4.78 is 66.0. The van der Waals surface area contributed by atoms with E-state index in [-0.39, 0.29) is 11.4 Å². The average molecular weight is 386 g/mol. The van der Waals surface area contributed by atoms with Gasteiger partial charge in [-0.25, -0.2) is 21.6 Å². The molecular formula is C17H17F3N2O3S. The second kappa shape index (κ2) is 8.33. The first-order valence-electron chi connectivity index (χ1n) is 7.76. The molecule has 2 aromatic rings. The quantitative estimate of drug-likeness (QED) is 0.744. The van der Waals surface area contributed by atoms with Gasteiger partial charge in [-0.05, 0) is 30.7 Å². The monoisotopic (exact) mass is 386 g/mol.